The van der Waals surface area contributed by atoms with Crippen LogP contribution >= 0.6 is 0 Å². The van der Waals surface area contributed by atoms with E-state index in [9.17, 15) is 19.7 Å². The molecule has 35 heavy (non-hydrogen) atoms. The highest BCUT2D eigenvalue weighted by molar-refractivity contribution is 6.02. The number of ether oxygens (including phenoxy) is 4. The van der Waals surface area contributed by atoms with Gasteiger partial charge in [-0.05, 0) is 22.8 Å². The van der Waals surface area contributed by atoms with Crippen molar-refractivity contribution in [3.63, 3.8) is 0 Å². The van der Waals surface area contributed by atoms with Gasteiger partial charge in [0.25, 0.3) is 5.69 Å². The Morgan fingerprint density at radius 2 is 1.31 bits per heavy atom. The van der Waals surface area contributed by atoms with Crippen LogP contribution in [0.1, 0.15) is 28.2 Å². The summed E-state index contributed by atoms with van der Waals surface area (Å²) in [4.78, 5) is 36.4. The predicted octanol–water partition coefficient (Wildman–Crippen LogP) is 4.32. The van der Waals surface area contributed by atoms with Gasteiger partial charge in [-0.1, -0.05) is 60.7 Å². The maximum Gasteiger partial charge on any atom is 0.325 e. The van der Waals surface area contributed by atoms with Crippen LogP contribution in [0.15, 0.2) is 72.8 Å². The number of esters is 2. The molecule has 3 rings (SSSR count). The van der Waals surface area contributed by atoms with E-state index >= 15 is 0 Å². The second-order valence-corrected chi connectivity index (χ2v) is 7.52. The third-order valence-electron chi connectivity index (χ3n) is 5.16. The van der Waals surface area contributed by atoms with Gasteiger partial charge in [0, 0.05) is 6.07 Å². The number of rotatable bonds is 11. The van der Waals surface area contributed by atoms with Gasteiger partial charge in [0.05, 0.1) is 37.9 Å². The van der Waals surface area contributed by atoms with Gasteiger partial charge in [-0.3, -0.25) is 19.7 Å². The van der Waals surface area contributed by atoms with Crippen LogP contribution in [0, 0.1) is 10.1 Å². The zero-order valence-corrected chi connectivity index (χ0v) is 19.3. The third-order valence-corrected chi connectivity index (χ3v) is 5.16. The number of nitrogens with zero attached hydrogens (tertiary/aromatic N) is 1. The van der Waals surface area contributed by atoms with Gasteiger partial charge >= 0.3 is 11.9 Å². The Bertz CT molecular complexity index is 1150. The summed E-state index contributed by atoms with van der Waals surface area (Å²) in [5.74, 6) is -3.71. The van der Waals surface area contributed by atoms with Crippen LogP contribution in [0.3, 0.4) is 0 Å². The first-order chi connectivity index (χ1) is 16.9. The Morgan fingerprint density at radius 3 is 1.83 bits per heavy atom. The molecule has 0 heterocycles. The minimum atomic E-state index is -1.70. The number of nitro groups is 1. The van der Waals surface area contributed by atoms with E-state index in [1.54, 1.807) is 0 Å². The Hall–Kier alpha value is -4.24. The van der Waals surface area contributed by atoms with Crippen LogP contribution in [0.5, 0.6) is 5.75 Å². The fourth-order valence-electron chi connectivity index (χ4n) is 3.48. The first-order valence-electron chi connectivity index (χ1n) is 10.7. The molecule has 0 atom stereocenters. The van der Waals surface area contributed by atoms with Crippen molar-refractivity contribution in [1.82, 2.24) is 0 Å². The van der Waals surface area contributed by atoms with E-state index in [0.29, 0.717) is 12.2 Å². The summed E-state index contributed by atoms with van der Waals surface area (Å²) in [6.45, 7) is 0.386. The van der Waals surface area contributed by atoms with Crippen molar-refractivity contribution >= 4 is 17.6 Å². The molecule has 182 valence electrons. The summed E-state index contributed by atoms with van der Waals surface area (Å²) in [6.07, 6.45) is 0. The lowest BCUT2D eigenvalue weighted by molar-refractivity contribution is -0.385. The van der Waals surface area contributed by atoms with Crippen LogP contribution in [0.4, 0.5) is 5.69 Å². The number of carbonyl (C=O) groups is 2. The van der Waals surface area contributed by atoms with Gasteiger partial charge in [0.15, 0.2) is 5.92 Å². The average Bonchev–Trinajstić information content (AvgIpc) is 2.89. The van der Waals surface area contributed by atoms with E-state index < -0.39 is 28.5 Å². The third kappa shape index (κ3) is 6.64. The molecular weight excluding hydrogens is 454 g/mol. The fraction of sp³-hybridized carbons (Fsp3) is 0.231. The molecule has 0 saturated carbocycles. The predicted molar refractivity (Wildman–Crippen MR) is 126 cm³/mol. The number of hydrogen-bond acceptors (Lipinski definition) is 8. The first kappa shape index (κ1) is 25.4. The normalized spacial score (nSPS) is 10.6. The molecule has 0 aliphatic heterocycles. The van der Waals surface area contributed by atoms with E-state index in [2.05, 4.69) is 0 Å². The second-order valence-electron chi connectivity index (χ2n) is 7.52. The van der Waals surface area contributed by atoms with Crippen molar-refractivity contribution in [3.8, 4) is 5.75 Å². The van der Waals surface area contributed by atoms with Crippen molar-refractivity contribution in [2.75, 3.05) is 14.2 Å². The van der Waals surface area contributed by atoms with Crippen LogP contribution < -0.4 is 4.74 Å². The summed E-state index contributed by atoms with van der Waals surface area (Å²) >= 11 is 0. The Kier molecular flexibility index (Phi) is 8.91. The molecule has 9 heteroatoms. The summed E-state index contributed by atoms with van der Waals surface area (Å²) < 4.78 is 21.1. The molecule has 0 aliphatic carbocycles. The molecule has 0 bridgehead atoms. The Balaban J connectivity index is 2.01. The molecule has 0 amide bonds. The number of methoxy groups -OCH3 is 2. The smallest absolute Gasteiger partial charge is 0.325 e. The molecule has 9 nitrogen and oxygen atoms in total. The standard InChI is InChI=1S/C26H25NO8/c1-32-25(28)24(26(29)33-2)23-21(27(30)31)13-20(16-34-15-18-9-5-3-6-10-18)14-22(23)35-17-19-11-7-4-8-12-19/h3-14,24H,15-17H2,1-2H3. The highest BCUT2D eigenvalue weighted by Gasteiger charge is 2.39. The van der Waals surface area contributed by atoms with Crippen molar-refractivity contribution in [3.05, 3.63) is 105 Å². The van der Waals surface area contributed by atoms with E-state index in [1.165, 1.54) is 12.1 Å². The van der Waals surface area contributed by atoms with Crippen molar-refractivity contribution in [1.29, 1.82) is 0 Å². The molecule has 0 fully saturated rings. The van der Waals surface area contributed by atoms with E-state index in [-0.39, 0.29) is 24.5 Å². The number of hydrogen-bond donors (Lipinski definition) is 0. The molecule has 0 unspecified atom stereocenters. The molecule has 3 aromatic carbocycles. The SMILES string of the molecule is COC(=O)C(C(=O)OC)c1c(OCc2ccccc2)cc(COCc2ccccc2)cc1[N+](=O)[O-]. The number of carbonyl (C=O) groups excluding carboxylic acids is 2. The van der Waals surface area contributed by atoms with Crippen LogP contribution in [-0.4, -0.2) is 31.1 Å². The molecule has 0 radical (unpaired) electrons. The highest BCUT2D eigenvalue weighted by Crippen LogP contribution is 2.38. The monoisotopic (exact) mass is 479 g/mol. The number of benzene rings is 3. The summed E-state index contributed by atoms with van der Waals surface area (Å²) in [5, 5.41) is 12.0. The van der Waals surface area contributed by atoms with E-state index in [1.807, 2.05) is 60.7 Å². The molecule has 0 saturated heterocycles. The Morgan fingerprint density at radius 1 is 0.800 bits per heavy atom. The largest absolute Gasteiger partial charge is 0.488 e. The zero-order chi connectivity index (χ0) is 25.2. The minimum absolute atomic E-state index is 0.0119. The van der Waals surface area contributed by atoms with Gasteiger partial charge in [0.2, 0.25) is 0 Å². The van der Waals surface area contributed by atoms with E-state index in [0.717, 1.165) is 25.3 Å². The van der Waals surface area contributed by atoms with Crippen LogP contribution in [0.25, 0.3) is 0 Å². The van der Waals surface area contributed by atoms with E-state index in [4.69, 9.17) is 18.9 Å². The van der Waals surface area contributed by atoms with Crippen molar-refractivity contribution < 1.29 is 33.5 Å². The molecule has 3 aromatic rings. The Labute approximate surface area is 202 Å². The summed E-state index contributed by atoms with van der Waals surface area (Å²) in [5.41, 5.74) is 1.45. The topological polar surface area (TPSA) is 114 Å². The lowest BCUT2D eigenvalue weighted by Gasteiger charge is -2.19. The molecule has 0 aliphatic rings. The fourth-order valence-corrected chi connectivity index (χ4v) is 3.48. The van der Waals surface area contributed by atoms with Crippen LogP contribution in [-0.2, 0) is 43.6 Å². The van der Waals surface area contributed by atoms with Gasteiger partial charge in [-0.15, -0.1) is 0 Å². The molecule has 0 N–H and O–H groups in total. The average molecular weight is 479 g/mol. The minimum Gasteiger partial charge on any atom is -0.488 e. The first-order valence-corrected chi connectivity index (χ1v) is 10.7. The molecular formula is C26H25NO8. The quantitative estimate of drug-likeness (QED) is 0.173. The van der Waals surface area contributed by atoms with Crippen LogP contribution in [0.2, 0.25) is 0 Å². The summed E-state index contributed by atoms with van der Waals surface area (Å²) in [7, 11) is 2.17. The second kappa shape index (κ2) is 12.3. The molecule has 0 spiro atoms. The van der Waals surface area contributed by atoms with Gasteiger partial charge in [-0.2, -0.15) is 0 Å². The van der Waals surface area contributed by atoms with Crippen molar-refractivity contribution in [2.24, 2.45) is 0 Å². The van der Waals surface area contributed by atoms with Gasteiger partial charge in [0.1, 0.15) is 12.4 Å². The number of nitro benzene ring substituents is 1. The van der Waals surface area contributed by atoms with Gasteiger partial charge < -0.3 is 18.9 Å². The lowest BCUT2D eigenvalue weighted by Crippen LogP contribution is -2.26. The molecule has 0 aromatic heterocycles. The lowest BCUT2D eigenvalue weighted by atomic mass is 9.94. The van der Waals surface area contributed by atoms with Crippen molar-refractivity contribution in [2.45, 2.75) is 25.7 Å². The maximum absolute atomic E-state index is 12.5. The highest BCUT2D eigenvalue weighted by atomic mass is 16.6. The van der Waals surface area contributed by atoms with Gasteiger partial charge in [-0.25, -0.2) is 0 Å². The maximum atomic E-state index is 12.5. The summed E-state index contributed by atoms with van der Waals surface area (Å²) in [6, 6.07) is 21.4. The zero-order valence-electron chi connectivity index (χ0n) is 19.3.